The summed E-state index contributed by atoms with van der Waals surface area (Å²) in [5.74, 6) is 1.82. The van der Waals surface area contributed by atoms with Crippen molar-refractivity contribution < 1.29 is 0 Å². The van der Waals surface area contributed by atoms with Crippen LogP contribution in [0.2, 0.25) is 0 Å². The molecule has 1 aliphatic rings. The van der Waals surface area contributed by atoms with Gasteiger partial charge in [0.05, 0.1) is 0 Å². The van der Waals surface area contributed by atoms with E-state index in [0.717, 1.165) is 24.1 Å². The van der Waals surface area contributed by atoms with E-state index in [0.29, 0.717) is 0 Å². The van der Waals surface area contributed by atoms with E-state index in [4.69, 9.17) is 0 Å². The summed E-state index contributed by atoms with van der Waals surface area (Å²) in [5, 5.41) is 3.44. The molecule has 0 spiro atoms. The van der Waals surface area contributed by atoms with Gasteiger partial charge in [0.2, 0.25) is 0 Å². The summed E-state index contributed by atoms with van der Waals surface area (Å²) in [7, 11) is 0. The lowest BCUT2D eigenvalue weighted by Gasteiger charge is -2.05. The maximum absolute atomic E-state index is 4.16. The quantitative estimate of drug-likeness (QED) is 0.765. The minimum Gasteiger partial charge on any atom is -0.385 e. The second-order valence-electron chi connectivity index (χ2n) is 4.04. The molecule has 70 valence electrons. The summed E-state index contributed by atoms with van der Waals surface area (Å²) in [6, 6.07) is 4.12. The van der Waals surface area contributed by atoms with Gasteiger partial charge in [0, 0.05) is 24.1 Å². The molecule has 0 saturated heterocycles. The molecule has 2 atom stereocenters. The van der Waals surface area contributed by atoms with E-state index in [-0.39, 0.29) is 0 Å². The first kappa shape index (κ1) is 8.54. The largest absolute Gasteiger partial charge is 0.385 e. The SMILES string of the molecule is Cc1cc(NCC2CC2C)ccn1. The Labute approximate surface area is 79.4 Å². The molecule has 1 aromatic heterocycles. The lowest BCUT2D eigenvalue weighted by molar-refractivity contribution is 0.787. The summed E-state index contributed by atoms with van der Waals surface area (Å²) >= 11 is 0. The summed E-state index contributed by atoms with van der Waals surface area (Å²) in [5.41, 5.74) is 2.28. The third kappa shape index (κ3) is 2.20. The number of hydrogen-bond acceptors (Lipinski definition) is 2. The van der Waals surface area contributed by atoms with Gasteiger partial charge in [-0.1, -0.05) is 6.92 Å². The maximum Gasteiger partial charge on any atom is 0.0393 e. The standard InChI is InChI=1S/C11H16N2/c1-8-5-10(8)7-13-11-3-4-12-9(2)6-11/h3-4,6,8,10H,5,7H2,1-2H3,(H,12,13). The van der Waals surface area contributed by atoms with Crippen molar-refractivity contribution in [1.82, 2.24) is 4.98 Å². The van der Waals surface area contributed by atoms with Crippen LogP contribution in [-0.4, -0.2) is 11.5 Å². The van der Waals surface area contributed by atoms with Gasteiger partial charge in [-0.3, -0.25) is 4.98 Å². The number of pyridine rings is 1. The van der Waals surface area contributed by atoms with Crippen molar-refractivity contribution in [3.63, 3.8) is 0 Å². The predicted molar refractivity (Wildman–Crippen MR) is 54.7 cm³/mol. The van der Waals surface area contributed by atoms with Gasteiger partial charge in [-0.2, -0.15) is 0 Å². The molecule has 0 aromatic carbocycles. The van der Waals surface area contributed by atoms with E-state index in [9.17, 15) is 0 Å². The minimum atomic E-state index is 0.897. The van der Waals surface area contributed by atoms with Crippen LogP contribution in [0.3, 0.4) is 0 Å². The van der Waals surface area contributed by atoms with Crippen molar-refractivity contribution in [2.45, 2.75) is 20.3 Å². The van der Waals surface area contributed by atoms with Gasteiger partial charge < -0.3 is 5.32 Å². The van der Waals surface area contributed by atoms with Crippen LogP contribution in [0.25, 0.3) is 0 Å². The highest BCUT2D eigenvalue weighted by molar-refractivity contribution is 5.43. The van der Waals surface area contributed by atoms with Crippen LogP contribution < -0.4 is 5.32 Å². The number of hydrogen-bond donors (Lipinski definition) is 1. The van der Waals surface area contributed by atoms with Crippen molar-refractivity contribution in [3.05, 3.63) is 24.0 Å². The fourth-order valence-electron chi connectivity index (χ4n) is 1.59. The van der Waals surface area contributed by atoms with Gasteiger partial charge in [0.1, 0.15) is 0 Å². The Hall–Kier alpha value is -1.05. The molecular formula is C11H16N2. The van der Waals surface area contributed by atoms with Gasteiger partial charge in [-0.25, -0.2) is 0 Å². The molecule has 1 aliphatic carbocycles. The average Bonchev–Trinajstić information content (AvgIpc) is 2.79. The first-order chi connectivity index (χ1) is 6.25. The minimum absolute atomic E-state index is 0.897. The smallest absolute Gasteiger partial charge is 0.0393 e. The van der Waals surface area contributed by atoms with Crippen molar-refractivity contribution >= 4 is 5.69 Å². The summed E-state index contributed by atoms with van der Waals surface area (Å²) in [4.78, 5) is 4.16. The van der Waals surface area contributed by atoms with Crippen LogP contribution in [0, 0.1) is 18.8 Å². The second kappa shape index (κ2) is 3.36. The third-order valence-corrected chi connectivity index (χ3v) is 2.74. The van der Waals surface area contributed by atoms with E-state index >= 15 is 0 Å². The fraction of sp³-hybridized carbons (Fsp3) is 0.545. The highest BCUT2D eigenvalue weighted by Gasteiger charge is 2.31. The van der Waals surface area contributed by atoms with Crippen molar-refractivity contribution in [2.24, 2.45) is 11.8 Å². The number of nitrogens with one attached hydrogen (secondary N) is 1. The third-order valence-electron chi connectivity index (χ3n) is 2.74. The lowest BCUT2D eigenvalue weighted by atomic mass is 10.3. The molecule has 1 N–H and O–H groups in total. The Morgan fingerprint density at radius 2 is 2.38 bits per heavy atom. The Bertz CT molecular complexity index is 296. The average molecular weight is 176 g/mol. The number of rotatable bonds is 3. The van der Waals surface area contributed by atoms with Crippen LogP contribution >= 0.6 is 0 Å². The second-order valence-corrected chi connectivity index (χ2v) is 4.04. The molecule has 0 bridgehead atoms. The number of nitrogens with zero attached hydrogens (tertiary/aromatic N) is 1. The zero-order valence-electron chi connectivity index (χ0n) is 8.25. The lowest BCUT2D eigenvalue weighted by Crippen LogP contribution is -2.04. The normalized spacial score (nSPS) is 25.7. The van der Waals surface area contributed by atoms with Crippen LogP contribution in [0.4, 0.5) is 5.69 Å². The molecule has 0 radical (unpaired) electrons. The number of anilines is 1. The summed E-state index contributed by atoms with van der Waals surface area (Å²) in [6.45, 7) is 5.44. The predicted octanol–water partition coefficient (Wildman–Crippen LogP) is 2.46. The Balaban J connectivity index is 1.87. The zero-order chi connectivity index (χ0) is 9.26. The molecule has 1 fully saturated rings. The Kier molecular flexibility index (Phi) is 2.21. The molecule has 0 amide bonds. The Morgan fingerprint density at radius 1 is 1.62 bits per heavy atom. The molecule has 0 aliphatic heterocycles. The summed E-state index contributed by atoms with van der Waals surface area (Å²) in [6.07, 6.45) is 3.24. The van der Waals surface area contributed by atoms with Gasteiger partial charge in [0.25, 0.3) is 0 Å². The maximum atomic E-state index is 4.16. The van der Waals surface area contributed by atoms with Crippen LogP contribution in [0.5, 0.6) is 0 Å². The first-order valence-corrected chi connectivity index (χ1v) is 4.92. The van der Waals surface area contributed by atoms with E-state index in [1.54, 1.807) is 0 Å². The monoisotopic (exact) mass is 176 g/mol. The zero-order valence-corrected chi connectivity index (χ0v) is 8.25. The van der Waals surface area contributed by atoms with Gasteiger partial charge in [-0.05, 0) is 37.3 Å². The van der Waals surface area contributed by atoms with Crippen molar-refractivity contribution in [1.29, 1.82) is 0 Å². The van der Waals surface area contributed by atoms with Crippen molar-refractivity contribution in [2.75, 3.05) is 11.9 Å². The molecule has 2 unspecified atom stereocenters. The molecule has 1 aromatic rings. The molecule has 1 heterocycles. The summed E-state index contributed by atoms with van der Waals surface area (Å²) < 4.78 is 0. The van der Waals surface area contributed by atoms with E-state index in [1.165, 1.54) is 12.1 Å². The van der Waals surface area contributed by atoms with Gasteiger partial charge >= 0.3 is 0 Å². The molecule has 2 rings (SSSR count). The van der Waals surface area contributed by atoms with E-state index in [1.807, 2.05) is 19.2 Å². The van der Waals surface area contributed by atoms with E-state index < -0.39 is 0 Å². The van der Waals surface area contributed by atoms with Crippen molar-refractivity contribution in [3.8, 4) is 0 Å². The molecule has 2 nitrogen and oxygen atoms in total. The highest BCUT2D eigenvalue weighted by atomic mass is 14.9. The molecule has 1 saturated carbocycles. The molecular weight excluding hydrogens is 160 g/mol. The van der Waals surface area contributed by atoms with Crippen LogP contribution in [-0.2, 0) is 0 Å². The molecule has 13 heavy (non-hydrogen) atoms. The number of aryl methyl sites for hydroxylation is 1. The Morgan fingerprint density at radius 3 is 3.00 bits per heavy atom. The van der Waals surface area contributed by atoms with E-state index in [2.05, 4.69) is 23.3 Å². The van der Waals surface area contributed by atoms with Crippen LogP contribution in [0.15, 0.2) is 18.3 Å². The molecule has 2 heteroatoms. The highest BCUT2D eigenvalue weighted by Crippen LogP contribution is 2.37. The topological polar surface area (TPSA) is 24.9 Å². The first-order valence-electron chi connectivity index (χ1n) is 4.92. The van der Waals surface area contributed by atoms with Gasteiger partial charge in [0.15, 0.2) is 0 Å². The number of aromatic nitrogens is 1. The van der Waals surface area contributed by atoms with Crippen LogP contribution in [0.1, 0.15) is 19.0 Å². The fourth-order valence-corrected chi connectivity index (χ4v) is 1.59. The van der Waals surface area contributed by atoms with Gasteiger partial charge in [-0.15, -0.1) is 0 Å².